The number of piperidine rings is 2. The highest BCUT2D eigenvalue weighted by molar-refractivity contribution is 5.99. The van der Waals surface area contributed by atoms with Crippen molar-refractivity contribution in [2.75, 3.05) is 25.5 Å². The van der Waals surface area contributed by atoms with Crippen LogP contribution in [0.25, 0.3) is 0 Å². The Morgan fingerprint density at radius 1 is 1.48 bits per heavy atom. The van der Waals surface area contributed by atoms with Crippen molar-refractivity contribution in [3.63, 3.8) is 0 Å². The number of pyridine rings is 1. The van der Waals surface area contributed by atoms with E-state index in [1.807, 2.05) is 4.90 Å². The van der Waals surface area contributed by atoms with Crippen LogP contribution in [0.1, 0.15) is 29.6 Å². The van der Waals surface area contributed by atoms with Crippen LogP contribution in [0.4, 0.5) is 5.69 Å². The number of rotatable bonds is 2. The van der Waals surface area contributed by atoms with E-state index in [0.29, 0.717) is 24.4 Å². The van der Waals surface area contributed by atoms with Gasteiger partial charge >= 0.3 is 0 Å². The Bertz CT molecular complexity index is 560. The third-order valence-corrected chi connectivity index (χ3v) is 4.43. The van der Waals surface area contributed by atoms with Gasteiger partial charge in [0.25, 0.3) is 5.91 Å². The lowest BCUT2D eigenvalue weighted by atomic mass is 9.85. The van der Waals surface area contributed by atoms with Gasteiger partial charge in [-0.25, -0.2) is 0 Å². The number of hydrogen-bond acceptors (Lipinski definition) is 4. The van der Waals surface area contributed by atoms with Crippen molar-refractivity contribution in [1.29, 1.82) is 0 Å². The summed E-state index contributed by atoms with van der Waals surface area (Å²) in [6.07, 6.45) is 5.58. The molecule has 1 aromatic rings. The third kappa shape index (κ3) is 2.70. The molecule has 2 fully saturated rings. The SMILES string of the molecule is CNc1cnccc1C(=O)N1CCC2NC(=O)CCC2C1. The van der Waals surface area contributed by atoms with Crippen molar-refractivity contribution in [3.8, 4) is 0 Å². The summed E-state index contributed by atoms with van der Waals surface area (Å²) in [7, 11) is 1.79. The van der Waals surface area contributed by atoms with Crippen LogP contribution in [0.3, 0.4) is 0 Å². The maximum absolute atomic E-state index is 12.7. The van der Waals surface area contributed by atoms with E-state index < -0.39 is 0 Å². The topological polar surface area (TPSA) is 74.3 Å². The predicted molar refractivity (Wildman–Crippen MR) is 79.0 cm³/mol. The number of anilines is 1. The summed E-state index contributed by atoms with van der Waals surface area (Å²) in [5.41, 5.74) is 1.41. The summed E-state index contributed by atoms with van der Waals surface area (Å²) in [5.74, 6) is 0.556. The van der Waals surface area contributed by atoms with Crippen LogP contribution in [0, 0.1) is 5.92 Å². The van der Waals surface area contributed by atoms with Crippen molar-refractivity contribution in [2.24, 2.45) is 5.92 Å². The summed E-state index contributed by atoms with van der Waals surface area (Å²) in [6.45, 7) is 1.40. The second-order valence-electron chi connectivity index (χ2n) is 5.68. The largest absolute Gasteiger partial charge is 0.386 e. The van der Waals surface area contributed by atoms with E-state index in [4.69, 9.17) is 0 Å². The Labute approximate surface area is 123 Å². The number of likely N-dealkylation sites (tertiary alicyclic amines) is 1. The fourth-order valence-electron chi connectivity index (χ4n) is 3.25. The van der Waals surface area contributed by atoms with Crippen molar-refractivity contribution >= 4 is 17.5 Å². The molecule has 0 spiro atoms. The van der Waals surface area contributed by atoms with E-state index in [1.54, 1.807) is 25.5 Å². The van der Waals surface area contributed by atoms with Gasteiger partial charge in [-0.2, -0.15) is 0 Å². The van der Waals surface area contributed by atoms with Crippen molar-refractivity contribution < 1.29 is 9.59 Å². The molecular weight excluding hydrogens is 268 g/mol. The summed E-state index contributed by atoms with van der Waals surface area (Å²) in [5, 5.41) is 6.05. The van der Waals surface area contributed by atoms with Gasteiger partial charge in [0, 0.05) is 38.8 Å². The van der Waals surface area contributed by atoms with E-state index in [9.17, 15) is 9.59 Å². The first-order valence-corrected chi connectivity index (χ1v) is 7.39. The highest BCUT2D eigenvalue weighted by Gasteiger charge is 2.35. The predicted octanol–water partition coefficient (Wildman–Crippen LogP) is 0.864. The number of carbonyl (C=O) groups excluding carboxylic acids is 2. The summed E-state index contributed by atoms with van der Waals surface area (Å²) >= 11 is 0. The highest BCUT2D eigenvalue weighted by atomic mass is 16.2. The van der Waals surface area contributed by atoms with Gasteiger partial charge in [-0.1, -0.05) is 0 Å². The first-order chi connectivity index (χ1) is 10.2. The highest BCUT2D eigenvalue weighted by Crippen LogP contribution is 2.27. The zero-order valence-electron chi connectivity index (χ0n) is 12.1. The molecule has 2 N–H and O–H groups in total. The van der Waals surface area contributed by atoms with E-state index in [1.165, 1.54) is 0 Å². The smallest absolute Gasteiger partial charge is 0.256 e. The fourth-order valence-corrected chi connectivity index (χ4v) is 3.25. The molecule has 0 bridgehead atoms. The van der Waals surface area contributed by atoms with Gasteiger partial charge in [0.1, 0.15) is 0 Å². The zero-order chi connectivity index (χ0) is 14.8. The maximum Gasteiger partial charge on any atom is 0.256 e. The average Bonchev–Trinajstić information content (AvgIpc) is 2.53. The third-order valence-electron chi connectivity index (χ3n) is 4.43. The molecule has 3 heterocycles. The molecule has 112 valence electrons. The Balaban J connectivity index is 1.73. The monoisotopic (exact) mass is 288 g/mol. The minimum atomic E-state index is 0.0390. The van der Waals surface area contributed by atoms with E-state index in [2.05, 4.69) is 15.6 Å². The van der Waals surface area contributed by atoms with Crippen molar-refractivity contribution in [1.82, 2.24) is 15.2 Å². The minimum Gasteiger partial charge on any atom is -0.386 e. The lowest BCUT2D eigenvalue weighted by Crippen LogP contribution is -2.55. The number of amides is 2. The Hall–Kier alpha value is -2.11. The Morgan fingerprint density at radius 2 is 2.33 bits per heavy atom. The Kier molecular flexibility index (Phi) is 3.77. The first-order valence-electron chi connectivity index (χ1n) is 7.39. The van der Waals surface area contributed by atoms with Crippen LogP contribution in [-0.2, 0) is 4.79 Å². The van der Waals surface area contributed by atoms with Crippen LogP contribution < -0.4 is 10.6 Å². The van der Waals surface area contributed by atoms with Crippen molar-refractivity contribution in [3.05, 3.63) is 24.0 Å². The molecule has 2 aliphatic heterocycles. The fraction of sp³-hybridized carbons (Fsp3) is 0.533. The van der Waals surface area contributed by atoms with Gasteiger partial charge in [-0.15, -0.1) is 0 Å². The molecule has 0 aromatic carbocycles. The van der Waals surface area contributed by atoms with E-state index in [-0.39, 0.29) is 17.9 Å². The number of carbonyl (C=O) groups is 2. The second-order valence-corrected chi connectivity index (χ2v) is 5.68. The minimum absolute atomic E-state index is 0.0390. The Morgan fingerprint density at radius 3 is 3.14 bits per heavy atom. The van der Waals surface area contributed by atoms with E-state index in [0.717, 1.165) is 25.1 Å². The molecule has 2 saturated heterocycles. The molecule has 0 saturated carbocycles. The maximum atomic E-state index is 12.7. The normalized spacial score (nSPS) is 25.0. The van der Waals surface area contributed by atoms with Crippen molar-refractivity contribution in [2.45, 2.75) is 25.3 Å². The van der Waals surface area contributed by atoms with Gasteiger partial charge in [0.2, 0.25) is 5.91 Å². The first kappa shape index (κ1) is 13.9. The average molecular weight is 288 g/mol. The van der Waals surface area contributed by atoms with Crippen LogP contribution in [0.5, 0.6) is 0 Å². The van der Waals surface area contributed by atoms with Crippen LogP contribution in [0.2, 0.25) is 0 Å². The van der Waals surface area contributed by atoms with Crippen LogP contribution in [0.15, 0.2) is 18.5 Å². The number of nitrogens with one attached hydrogen (secondary N) is 2. The van der Waals surface area contributed by atoms with Gasteiger partial charge < -0.3 is 15.5 Å². The summed E-state index contributed by atoms with van der Waals surface area (Å²) in [4.78, 5) is 30.1. The molecule has 0 radical (unpaired) electrons. The lowest BCUT2D eigenvalue weighted by Gasteiger charge is -2.41. The molecule has 2 amide bonds. The molecule has 6 nitrogen and oxygen atoms in total. The quantitative estimate of drug-likeness (QED) is 0.846. The van der Waals surface area contributed by atoms with Gasteiger partial charge in [0.15, 0.2) is 0 Å². The number of hydrogen-bond donors (Lipinski definition) is 2. The van der Waals surface area contributed by atoms with Crippen LogP contribution in [-0.4, -0.2) is 47.9 Å². The number of aromatic nitrogens is 1. The molecule has 6 heteroatoms. The van der Waals surface area contributed by atoms with E-state index >= 15 is 0 Å². The summed E-state index contributed by atoms with van der Waals surface area (Å²) < 4.78 is 0. The second kappa shape index (κ2) is 5.71. The van der Waals surface area contributed by atoms with Crippen LogP contribution >= 0.6 is 0 Å². The number of fused-ring (bicyclic) bond motifs is 1. The number of nitrogens with zero attached hydrogens (tertiary/aromatic N) is 2. The van der Waals surface area contributed by atoms with Gasteiger partial charge in [-0.3, -0.25) is 14.6 Å². The molecule has 2 atom stereocenters. The summed E-state index contributed by atoms with van der Waals surface area (Å²) in [6, 6.07) is 1.99. The van der Waals surface area contributed by atoms with Gasteiger partial charge in [-0.05, 0) is 24.8 Å². The lowest BCUT2D eigenvalue weighted by molar-refractivity contribution is -0.125. The molecule has 0 aliphatic carbocycles. The standard InChI is InChI=1S/C15H20N4O2/c1-16-13-8-17-6-4-11(13)15(21)19-7-5-12-10(9-19)2-3-14(20)18-12/h4,6,8,10,12,16H,2-3,5,7,9H2,1H3,(H,18,20). The molecule has 3 rings (SSSR count). The molecule has 21 heavy (non-hydrogen) atoms. The molecule has 2 unspecified atom stereocenters. The zero-order valence-corrected chi connectivity index (χ0v) is 12.1. The molecule has 1 aromatic heterocycles. The van der Waals surface area contributed by atoms with Gasteiger partial charge in [0.05, 0.1) is 17.4 Å². The molecular formula is C15H20N4O2. The molecule has 2 aliphatic rings.